The topological polar surface area (TPSA) is 73.3 Å². The molecule has 0 spiro atoms. The summed E-state index contributed by atoms with van der Waals surface area (Å²) in [7, 11) is 0. The number of nitrogens with zero attached hydrogens (tertiary/aromatic N) is 3. The van der Waals surface area contributed by atoms with E-state index < -0.39 is 11.7 Å². The van der Waals surface area contributed by atoms with Gasteiger partial charge in [-0.3, -0.25) is 0 Å². The summed E-state index contributed by atoms with van der Waals surface area (Å²) in [6.07, 6.45) is -0.0907. The highest BCUT2D eigenvalue weighted by molar-refractivity contribution is 5.75. The summed E-state index contributed by atoms with van der Waals surface area (Å²) in [6.45, 7) is 8.50. The molecule has 7 nitrogen and oxygen atoms in total. The van der Waals surface area contributed by atoms with Crippen LogP contribution >= 0.6 is 0 Å². The summed E-state index contributed by atoms with van der Waals surface area (Å²) >= 11 is 0. The average molecular weight is 299 g/mol. The number of hydrogen-bond acceptors (Lipinski definition) is 4. The zero-order chi connectivity index (χ0) is 15.6. The van der Waals surface area contributed by atoms with Crippen LogP contribution in [0.1, 0.15) is 27.2 Å². The van der Waals surface area contributed by atoms with Crippen LogP contribution in [0.5, 0.6) is 0 Å². The number of piperazine rings is 1. The first-order chi connectivity index (χ1) is 9.76. The van der Waals surface area contributed by atoms with E-state index in [1.165, 1.54) is 0 Å². The van der Waals surface area contributed by atoms with Crippen LogP contribution in [0.4, 0.5) is 9.59 Å². The highest BCUT2D eigenvalue weighted by atomic mass is 16.6. The van der Waals surface area contributed by atoms with Crippen molar-refractivity contribution < 1.29 is 19.4 Å². The van der Waals surface area contributed by atoms with E-state index in [0.717, 1.165) is 0 Å². The second-order valence-electron chi connectivity index (χ2n) is 6.63. The second-order valence-corrected chi connectivity index (χ2v) is 6.63. The third-order valence-corrected chi connectivity index (χ3v) is 3.64. The van der Waals surface area contributed by atoms with Crippen LogP contribution in [0.2, 0.25) is 0 Å². The van der Waals surface area contributed by atoms with Gasteiger partial charge in [-0.2, -0.15) is 0 Å². The quantitative estimate of drug-likeness (QED) is 0.715. The Hall–Kier alpha value is -1.50. The van der Waals surface area contributed by atoms with Crippen LogP contribution in [-0.4, -0.2) is 82.9 Å². The maximum absolute atomic E-state index is 12.3. The minimum absolute atomic E-state index is 0.0459. The summed E-state index contributed by atoms with van der Waals surface area (Å²) in [5.41, 5.74) is -0.504. The molecule has 0 aliphatic carbocycles. The third-order valence-electron chi connectivity index (χ3n) is 3.64. The molecule has 0 aromatic heterocycles. The van der Waals surface area contributed by atoms with Crippen LogP contribution in [0.25, 0.3) is 0 Å². The van der Waals surface area contributed by atoms with Gasteiger partial charge in [-0.25, -0.2) is 9.59 Å². The summed E-state index contributed by atoms with van der Waals surface area (Å²) < 4.78 is 5.33. The fourth-order valence-electron chi connectivity index (χ4n) is 2.52. The van der Waals surface area contributed by atoms with Gasteiger partial charge in [0.15, 0.2) is 0 Å². The highest BCUT2D eigenvalue weighted by Crippen LogP contribution is 2.15. The molecule has 1 N–H and O–H groups in total. The van der Waals surface area contributed by atoms with E-state index in [4.69, 9.17) is 4.74 Å². The maximum Gasteiger partial charge on any atom is 0.410 e. The molecule has 0 aromatic carbocycles. The van der Waals surface area contributed by atoms with Crippen molar-refractivity contribution in [3.8, 4) is 0 Å². The first kappa shape index (κ1) is 15.9. The number of urea groups is 1. The molecule has 1 atom stereocenters. The molecule has 0 radical (unpaired) electrons. The van der Waals surface area contributed by atoms with E-state index in [2.05, 4.69) is 0 Å². The van der Waals surface area contributed by atoms with Gasteiger partial charge in [0.1, 0.15) is 5.60 Å². The number of β-amino-alcohol motifs (C(OH)–C–C–N with tert-alkyl or cyclic N) is 1. The smallest absolute Gasteiger partial charge is 0.410 e. The van der Waals surface area contributed by atoms with E-state index in [-0.39, 0.29) is 12.1 Å². The Morgan fingerprint density at radius 1 is 1.00 bits per heavy atom. The van der Waals surface area contributed by atoms with E-state index >= 15 is 0 Å². The van der Waals surface area contributed by atoms with Gasteiger partial charge in [-0.05, 0) is 27.2 Å². The first-order valence-corrected chi connectivity index (χ1v) is 7.46. The molecule has 0 saturated carbocycles. The zero-order valence-corrected chi connectivity index (χ0v) is 13.0. The Morgan fingerprint density at radius 3 is 2.05 bits per heavy atom. The number of aliphatic hydroxyl groups excluding tert-OH is 1. The van der Waals surface area contributed by atoms with Gasteiger partial charge in [0.2, 0.25) is 0 Å². The average Bonchev–Trinajstić information content (AvgIpc) is 2.83. The second kappa shape index (κ2) is 6.09. The minimum Gasteiger partial charge on any atom is -0.444 e. The van der Waals surface area contributed by atoms with Crippen molar-refractivity contribution >= 4 is 12.1 Å². The minimum atomic E-state index is -0.504. The van der Waals surface area contributed by atoms with Crippen molar-refractivity contribution in [2.45, 2.75) is 38.9 Å². The van der Waals surface area contributed by atoms with Gasteiger partial charge in [0.25, 0.3) is 0 Å². The monoisotopic (exact) mass is 299 g/mol. The summed E-state index contributed by atoms with van der Waals surface area (Å²) in [5.74, 6) is 0. The third kappa shape index (κ3) is 4.23. The zero-order valence-electron chi connectivity index (χ0n) is 13.0. The molecule has 21 heavy (non-hydrogen) atoms. The lowest BCUT2D eigenvalue weighted by Crippen LogP contribution is -2.54. The summed E-state index contributed by atoms with van der Waals surface area (Å²) in [5, 5.41) is 9.49. The normalized spacial score (nSPS) is 23.4. The van der Waals surface area contributed by atoms with E-state index in [1.54, 1.807) is 14.7 Å². The lowest BCUT2D eigenvalue weighted by molar-refractivity contribution is 0.0159. The Kier molecular flexibility index (Phi) is 4.61. The predicted octanol–water partition coefficient (Wildman–Crippen LogP) is 0.726. The standard InChI is InChI=1S/C14H25N3O4/c1-14(2,3)21-13(20)16-8-6-15(7-9-16)12(19)17-5-4-11(18)10-17/h11,18H,4-10H2,1-3H3/t11-/m0/s1. The van der Waals surface area contributed by atoms with E-state index in [0.29, 0.717) is 45.7 Å². The van der Waals surface area contributed by atoms with Crippen molar-refractivity contribution in [1.29, 1.82) is 0 Å². The summed E-state index contributed by atoms with van der Waals surface area (Å²) in [6, 6.07) is -0.0459. The Labute approximate surface area is 125 Å². The Balaban J connectivity index is 1.80. The van der Waals surface area contributed by atoms with Gasteiger partial charge in [0, 0.05) is 39.3 Å². The van der Waals surface area contributed by atoms with Crippen LogP contribution < -0.4 is 0 Å². The van der Waals surface area contributed by atoms with Crippen molar-refractivity contribution in [2.24, 2.45) is 0 Å². The number of aliphatic hydroxyl groups is 1. The molecule has 2 heterocycles. The summed E-state index contributed by atoms with van der Waals surface area (Å²) in [4.78, 5) is 29.2. The van der Waals surface area contributed by atoms with Crippen LogP contribution in [0, 0.1) is 0 Å². The highest BCUT2D eigenvalue weighted by Gasteiger charge is 2.32. The van der Waals surface area contributed by atoms with Crippen molar-refractivity contribution in [2.75, 3.05) is 39.3 Å². The van der Waals surface area contributed by atoms with Gasteiger partial charge < -0.3 is 24.5 Å². The molecule has 7 heteroatoms. The van der Waals surface area contributed by atoms with Gasteiger partial charge in [0.05, 0.1) is 6.10 Å². The fraction of sp³-hybridized carbons (Fsp3) is 0.857. The van der Waals surface area contributed by atoms with Crippen molar-refractivity contribution in [3.05, 3.63) is 0 Å². The van der Waals surface area contributed by atoms with E-state index in [9.17, 15) is 14.7 Å². The fourth-order valence-corrected chi connectivity index (χ4v) is 2.52. The number of carbonyl (C=O) groups excluding carboxylic acids is 2. The molecule has 2 aliphatic heterocycles. The molecular weight excluding hydrogens is 274 g/mol. The van der Waals surface area contributed by atoms with Gasteiger partial charge in [-0.1, -0.05) is 0 Å². The molecule has 0 bridgehead atoms. The number of carbonyl (C=O) groups is 2. The lowest BCUT2D eigenvalue weighted by Gasteiger charge is -2.37. The Bertz CT molecular complexity index is 400. The molecule has 2 rings (SSSR count). The Morgan fingerprint density at radius 2 is 1.57 bits per heavy atom. The molecule has 2 aliphatic rings. The van der Waals surface area contributed by atoms with Gasteiger partial charge in [-0.15, -0.1) is 0 Å². The largest absolute Gasteiger partial charge is 0.444 e. The van der Waals surface area contributed by atoms with Crippen LogP contribution in [-0.2, 0) is 4.74 Å². The number of rotatable bonds is 0. The van der Waals surface area contributed by atoms with E-state index in [1.807, 2.05) is 20.8 Å². The number of ether oxygens (including phenoxy) is 1. The first-order valence-electron chi connectivity index (χ1n) is 7.46. The van der Waals surface area contributed by atoms with Crippen LogP contribution in [0.15, 0.2) is 0 Å². The van der Waals surface area contributed by atoms with Crippen molar-refractivity contribution in [3.63, 3.8) is 0 Å². The predicted molar refractivity (Wildman–Crippen MR) is 77.0 cm³/mol. The number of likely N-dealkylation sites (tertiary alicyclic amines) is 1. The molecule has 0 unspecified atom stereocenters. The molecule has 2 fully saturated rings. The van der Waals surface area contributed by atoms with Crippen LogP contribution in [0.3, 0.4) is 0 Å². The molecule has 120 valence electrons. The molecule has 0 aromatic rings. The lowest BCUT2D eigenvalue weighted by atomic mass is 10.2. The molecular formula is C14H25N3O4. The molecule has 3 amide bonds. The number of amides is 3. The van der Waals surface area contributed by atoms with Gasteiger partial charge >= 0.3 is 12.1 Å². The SMILES string of the molecule is CC(C)(C)OC(=O)N1CCN(C(=O)N2CC[C@H](O)C2)CC1. The molecule has 2 saturated heterocycles. The van der Waals surface area contributed by atoms with Crippen molar-refractivity contribution in [1.82, 2.24) is 14.7 Å². The maximum atomic E-state index is 12.3. The number of hydrogen-bond donors (Lipinski definition) is 1.